The predicted molar refractivity (Wildman–Crippen MR) is 117 cm³/mol. The summed E-state index contributed by atoms with van der Waals surface area (Å²) in [5, 5.41) is 10.3. The van der Waals surface area contributed by atoms with Gasteiger partial charge < -0.3 is 9.84 Å². The van der Waals surface area contributed by atoms with E-state index in [1.807, 2.05) is 0 Å². The van der Waals surface area contributed by atoms with E-state index in [0.29, 0.717) is 32.7 Å². The lowest BCUT2D eigenvalue weighted by atomic mass is 10.1. The number of pyridine rings is 1. The Kier molecular flexibility index (Phi) is 6.82. The Morgan fingerprint density at radius 3 is 2.47 bits per heavy atom. The van der Waals surface area contributed by atoms with Crippen LogP contribution in [0.4, 0.5) is 5.69 Å². The van der Waals surface area contributed by atoms with Crippen LogP contribution in [0, 0.1) is 0 Å². The van der Waals surface area contributed by atoms with Crippen molar-refractivity contribution in [2.45, 2.75) is 0 Å². The molecule has 0 saturated carbocycles. The summed E-state index contributed by atoms with van der Waals surface area (Å²) in [4.78, 5) is 30.0. The van der Waals surface area contributed by atoms with Crippen molar-refractivity contribution < 1.29 is 19.4 Å². The first-order valence-corrected chi connectivity index (χ1v) is 9.73. The summed E-state index contributed by atoms with van der Waals surface area (Å²) in [7, 11) is 1.44. The molecule has 0 saturated heterocycles. The molecule has 1 amide bonds. The van der Waals surface area contributed by atoms with Crippen molar-refractivity contribution in [1.29, 1.82) is 0 Å². The van der Waals surface area contributed by atoms with Crippen molar-refractivity contribution in [1.82, 2.24) is 4.98 Å². The van der Waals surface area contributed by atoms with Crippen LogP contribution in [0.2, 0.25) is 15.1 Å². The highest BCUT2D eigenvalue weighted by molar-refractivity contribution is 6.37. The van der Waals surface area contributed by atoms with Gasteiger partial charge in [-0.05, 0) is 36.4 Å². The number of anilines is 1. The number of carbonyl (C=O) groups excluding carboxylic acids is 1. The van der Waals surface area contributed by atoms with Gasteiger partial charge in [-0.25, -0.2) is 0 Å². The number of ether oxygens (including phenoxy) is 1. The fraction of sp³-hybridized carbons (Fsp3) is 0.0952. The minimum Gasteiger partial charge on any atom is -0.495 e. The molecule has 154 valence electrons. The first kappa shape index (κ1) is 21.9. The molecule has 0 aliphatic carbocycles. The molecule has 3 rings (SSSR count). The molecule has 6 nitrogen and oxygen atoms in total. The van der Waals surface area contributed by atoms with Crippen LogP contribution in [0.3, 0.4) is 0 Å². The number of halogens is 3. The van der Waals surface area contributed by atoms with Gasteiger partial charge in [-0.2, -0.15) is 0 Å². The zero-order chi connectivity index (χ0) is 21.8. The molecule has 0 aliphatic heterocycles. The maximum Gasteiger partial charge on any atom is 0.323 e. The molecule has 9 heteroatoms. The first-order chi connectivity index (χ1) is 14.3. The number of nitrogens with zero attached hydrogens (tertiary/aromatic N) is 2. The van der Waals surface area contributed by atoms with E-state index in [-0.39, 0.29) is 10.6 Å². The van der Waals surface area contributed by atoms with E-state index in [9.17, 15) is 14.7 Å². The number of carbonyl (C=O) groups is 2. The maximum absolute atomic E-state index is 13.3. The molecule has 0 radical (unpaired) electrons. The number of hydrogen-bond acceptors (Lipinski definition) is 4. The van der Waals surface area contributed by atoms with Crippen LogP contribution in [0.15, 0.2) is 54.7 Å². The first-order valence-electron chi connectivity index (χ1n) is 8.59. The molecule has 0 unspecified atom stereocenters. The largest absolute Gasteiger partial charge is 0.495 e. The molecule has 1 aromatic heterocycles. The van der Waals surface area contributed by atoms with Crippen LogP contribution < -0.4 is 9.64 Å². The van der Waals surface area contributed by atoms with Crippen LogP contribution in [0.1, 0.15) is 10.4 Å². The third kappa shape index (κ3) is 4.67. The van der Waals surface area contributed by atoms with Gasteiger partial charge in [0.1, 0.15) is 12.3 Å². The van der Waals surface area contributed by atoms with Crippen molar-refractivity contribution in [2.24, 2.45) is 0 Å². The molecule has 1 heterocycles. The van der Waals surface area contributed by atoms with Gasteiger partial charge >= 0.3 is 5.97 Å². The fourth-order valence-corrected chi connectivity index (χ4v) is 3.55. The molecule has 1 N–H and O–H groups in total. The van der Waals surface area contributed by atoms with Gasteiger partial charge in [0.05, 0.1) is 33.6 Å². The van der Waals surface area contributed by atoms with Gasteiger partial charge in [0.25, 0.3) is 5.91 Å². The lowest BCUT2D eigenvalue weighted by molar-refractivity contribution is -0.135. The molecule has 30 heavy (non-hydrogen) atoms. The van der Waals surface area contributed by atoms with E-state index in [0.717, 1.165) is 4.90 Å². The number of para-hydroxylation sites is 2. The normalized spacial score (nSPS) is 10.5. The van der Waals surface area contributed by atoms with Crippen LogP contribution in [-0.2, 0) is 4.79 Å². The number of aromatic nitrogens is 1. The predicted octanol–water partition coefficient (Wildman–Crippen LogP) is 5.45. The third-order valence-corrected chi connectivity index (χ3v) is 5.02. The molecule has 2 aromatic carbocycles. The minimum absolute atomic E-state index is 0.203. The molecule has 0 atom stereocenters. The van der Waals surface area contributed by atoms with Gasteiger partial charge in [-0.15, -0.1) is 0 Å². The Hall–Kier alpha value is -2.80. The highest BCUT2D eigenvalue weighted by atomic mass is 35.5. The quantitative estimate of drug-likeness (QED) is 0.524. The molecular formula is C21H15Cl3N2O4. The molecule has 0 bridgehead atoms. The van der Waals surface area contributed by atoms with Crippen molar-refractivity contribution in [3.05, 3.63) is 75.4 Å². The zero-order valence-corrected chi connectivity index (χ0v) is 17.9. The smallest absolute Gasteiger partial charge is 0.323 e. The Morgan fingerprint density at radius 2 is 1.80 bits per heavy atom. The fourth-order valence-electron chi connectivity index (χ4n) is 2.86. The average molecular weight is 466 g/mol. The van der Waals surface area contributed by atoms with E-state index < -0.39 is 18.4 Å². The number of aliphatic carboxylic acids is 1. The number of amides is 1. The Balaban J connectivity index is 2.08. The summed E-state index contributed by atoms with van der Waals surface area (Å²) < 4.78 is 5.29. The van der Waals surface area contributed by atoms with Crippen molar-refractivity contribution >= 4 is 52.4 Å². The number of methoxy groups -OCH3 is 1. The molecule has 0 aliphatic rings. The van der Waals surface area contributed by atoms with Gasteiger partial charge in [-0.1, -0.05) is 46.9 Å². The Bertz CT molecular complexity index is 1120. The SMILES string of the molecule is COc1ccccc1N(CC(=O)O)C(=O)c1ccc(Cl)c(-c2ncc(Cl)cc2Cl)c1. The van der Waals surface area contributed by atoms with Crippen molar-refractivity contribution in [2.75, 3.05) is 18.6 Å². The molecule has 3 aromatic rings. The van der Waals surface area contributed by atoms with Crippen LogP contribution in [0.5, 0.6) is 5.75 Å². The number of carboxylic acids is 1. The maximum atomic E-state index is 13.3. The van der Waals surface area contributed by atoms with Crippen molar-refractivity contribution in [3.8, 4) is 17.0 Å². The van der Waals surface area contributed by atoms with Crippen LogP contribution >= 0.6 is 34.8 Å². The second-order valence-corrected chi connectivity index (χ2v) is 7.39. The highest BCUT2D eigenvalue weighted by Gasteiger charge is 2.24. The lowest BCUT2D eigenvalue weighted by Crippen LogP contribution is -2.36. The summed E-state index contributed by atoms with van der Waals surface area (Å²) in [6.07, 6.45) is 1.42. The lowest BCUT2D eigenvalue weighted by Gasteiger charge is -2.23. The standard InChI is InChI=1S/C21H15Cl3N2O4/c1-30-18-5-3-2-4-17(18)26(11-19(27)28)21(29)12-6-7-15(23)14(8-12)20-16(24)9-13(22)10-25-20/h2-10H,11H2,1H3,(H,27,28). The van der Waals surface area contributed by atoms with E-state index in [4.69, 9.17) is 39.5 Å². The van der Waals surface area contributed by atoms with Crippen LogP contribution in [-0.4, -0.2) is 35.6 Å². The second-order valence-electron chi connectivity index (χ2n) is 6.14. The topological polar surface area (TPSA) is 79.7 Å². The number of hydrogen-bond donors (Lipinski definition) is 1. The minimum atomic E-state index is -1.18. The summed E-state index contributed by atoms with van der Waals surface area (Å²) in [6, 6.07) is 12.7. The third-order valence-electron chi connectivity index (χ3n) is 4.19. The van der Waals surface area contributed by atoms with Crippen molar-refractivity contribution in [3.63, 3.8) is 0 Å². The van der Waals surface area contributed by atoms with E-state index in [1.165, 1.54) is 37.6 Å². The molecule has 0 spiro atoms. The summed E-state index contributed by atoms with van der Waals surface area (Å²) in [5.74, 6) is -1.36. The average Bonchev–Trinajstić information content (AvgIpc) is 2.72. The number of benzene rings is 2. The monoisotopic (exact) mass is 464 g/mol. The second kappa shape index (κ2) is 9.34. The number of carboxylic acid groups (broad SMARTS) is 1. The summed E-state index contributed by atoms with van der Waals surface area (Å²) in [6.45, 7) is -0.558. The molecular weight excluding hydrogens is 451 g/mol. The van der Waals surface area contributed by atoms with E-state index in [2.05, 4.69) is 4.98 Å². The van der Waals surface area contributed by atoms with Gasteiger partial charge in [0.15, 0.2) is 0 Å². The summed E-state index contributed by atoms with van der Waals surface area (Å²) in [5.41, 5.74) is 1.29. The molecule has 0 fully saturated rings. The van der Waals surface area contributed by atoms with Gasteiger partial charge in [0, 0.05) is 17.3 Å². The Morgan fingerprint density at radius 1 is 1.07 bits per heavy atom. The zero-order valence-electron chi connectivity index (χ0n) is 15.6. The van der Waals surface area contributed by atoms with Crippen LogP contribution in [0.25, 0.3) is 11.3 Å². The Labute approximate surface area is 187 Å². The van der Waals surface area contributed by atoms with Gasteiger partial charge in [0.2, 0.25) is 0 Å². The highest BCUT2D eigenvalue weighted by Crippen LogP contribution is 2.35. The van der Waals surface area contributed by atoms with E-state index in [1.54, 1.807) is 24.3 Å². The number of rotatable bonds is 6. The van der Waals surface area contributed by atoms with E-state index >= 15 is 0 Å². The van der Waals surface area contributed by atoms with Gasteiger partial charge in [-0.3, -0.25) is 19.5 Å². The summed E-state index contributed by atoms with van der Waals surface area (Å²) >= 11 is 18.4.